The molecular formula is C37H65N13O13S2. The average Bonchev–Trinajstić information content (AvgIpc) is 3.21. The van der Waals surface area contributed by atoms with E-state index in [1.165, 1.54) is 6.92 Å². The minimum Gasteiger partial charge on any atom is -0.481 e. The number of carbonyl (C=O) groups is 10. The van der Waals surface area contributed by atoms with E-state index in [2.05, 4.69) is 47.5 Å². The lowest BCUT2D eigenvalue weighted by Gasteiger charge is -2.27. The van der Waals surface area contributed by atoms with Gasteiger partial charge in [0.25, 0.3) is 0 Å². The molecule has 0 bridgehead atoms. The average molecular weight is 964 g/mol. The number of amides is 9. The van der Waals surface area contributed by atoms with Gasteiger partial charge in [0.15, 0.2) is 5.96 Å². The number of carbonyl (C=O) groups excluding carboxylic acids is 9. The van der Waals surface area contributed by atoms with Crippen LogP contribution in [0.2, 0.25) is 0 Å². The summed E-state index contributed by atoms with van der Waals surface area (Å²) in [6.45, 7) is 6.04. The summed E-state index contributed by atoms with van der Waals surface area (Å²) in [6.07, 6.45) is -1.11. The van der Waals surface area contributed by atoms with Crippen LogP contribution >= 0.6 is 21.6 Å². The molecule has 1 aliphatic rings. The van der Waals surface area contributed by atoms with Crippen LogP contribution in [0.4, 0.5) is 0 Å². The first kappa shape index (κ1) is 57.6. The van der Waals surface area contributed by atoms with Gasteiger partial charge in [-0.15, -0.1) is 0 Å². The molecule has 1 heterocycles. The number of aliphatic carboxylic acids is 1. The van der Waals surface area contributed by atoms with Crippen LogP contribution in [0.1, 0.15) is 66.7 Å². The summed E-state index contributed by atoms with van der Waals surface area (Å²) >= 11 is 0. The number of nitrogens with two attached hydrogens (primary N) is 4. The van der Waals surface area contributed by atoms with E-state index in [0.717, 1.165) is 21.6 Å². The van der Waals surface area contributed by atoms with E-state index < -0.39 is 133 Å². The second-order valence-electron chi connectivity index (χ2n) is 15.9. The number of carboxylic acids is 1. The number of carboxylic acid groups (broad SMARTS) is 1. The fraction of sp³-hybridized carbons (Fsp3) is 0.703. The van der Waals surface area contributed by atoms with Crippen LogP contribution in [0.15, 0.2) is 4.99 Å². The van der Waals surface area contributed by atoms with Gasteiger partial charge in [-0.2, -0.15) is 0 Å². The smallest absolute Gasteiger partial charge is 0.305 e. The molecule has 0 radical (unpaired) electrons. The molecule has 9 atom stereocenters. The van der Waals surface area contributed by atoms with Crippen molar-refractivity contribution in [3.8, 4) is 0 Å². The Morgan fingerprint density at radius 1 is 0.615 bits per heavy atom. The first-order chi connectivity index (χ1) is 30.4. The van der Waals surface area contributed by atoms with E-state index in [4.69, 9.17) is 22.9 Å². The van der Waals surface area contributed by atoms with Gasteiger partial charge >= 0.3 is 5.97 Å². The van der Waals surface area contributed by atoms with Crippen molar-refractivity contribution in [1.82, 2.24) is 42.5 Å². The third-order valence-electron chi connectivity index (χ3n) is 9.22. The van der Waals surface area contributed by atoms with Crippen LogP contribution in [0.25, 0.3) is 0 Å². The molecule has 0 saturated carbocycles. The number of nitrogens with zero attached hydrogens (tertiary/aromatic N) is 1. The van der Waals surface area contributed by atoms with Crippen molar-refractivity contribution in [3.63, 3.8) is 0 Å². The summed E-state index contributed by atoms with van der Waals surface area (Å²) in [5, 5.41) is 48.7. The topological polar surface area (TPSA) is 444 Å². The van der Waals surface area contributed by atoms with Gasteiger partial charge in [0.2, 0.25) is 53.2 Å². The Bertz CT molecular complexity index is 1720. The number of aliphatic hydroxyl groups excluding tert-OH is 2. The Morgan fingerprint density at radius 2 is 1.03 bits per heavy atom. The normalized spacial score (nSPS) is 26.9. The molecule has 1 rings (SSSR count). The first-order valence-corrected chi connectivity index (χ1v) is 23.1. The maximum Gasteiger partial charge on any atom is 0.305 e. The fourth-order valence-corrected chi connectivity index (χ4v) is 8.07. The van der Waals surface area contributed by atoms with Crippen LogP contribution in [-0.2, 0) is 47.9 Å². The maximum atomic E-state index is 13.9. The third-order valence-corrected chi connectivity index (χ3v) is 11.7. The zero-order valence-electron chi connectivity index (χ0n) is 36.9. The van der Waals surface area contributed by atoms with E-state index in [-0.39, 0.29) is 61.5 Å². The number of nitrogens with one attached hydrogen (secondary N) is 8. The lowest BCUT2D eigenvalue weighted by molar-refractivity contribution is -0.141. The van der Waals surface area contributed by atoms with Crippen LogP contribution in [0, 0.1) is 11.8 Å². The second kappa shape index (κ2) is 29.2. The number of hydrogen-bond acceptors (Lipinski definition) is 16. The molecule has 1 aliphatic heterocycles. The molecule has 28 heteroatoms. The van der Waals surface area contributed by atoms with Crippen LogP contribution in [-0.4, -0.2) is 166 Å². The summed E-state index contributed by atoms with van der Waals surface area (Å²) in [6, 6.07) is -13.4. The highest BCUT2D eigenvalue weighted by atomic mass is 33.1. The minimum atomic E-state index is -1.80. The monoisotopic (exact) mass is 963 g/mol. The van der Waals surface area contributed by atoms with E-state index in [9.17, 15) is 63.3 Å². The first-order valence-electron chi connectivity index (χ1n) is 20.6. The SMILES string of the molecule is CC(C)C[C@@H]1NC(=O)[C@H](CCCN=C(N)N)NC(=O)[C@H](CO)NC(=O)[C@H](CO)NC(=O)[C@H](CC(C)C)NC(=O)[C@@H](N)CSSC[C@@H](C(N)=O)NC(=O)[C@H](C)NC(=O)[C@H](CC(=O)O)NC1=O. The van der Waals surface area contributed by atoms with Gasteiger partial charge in [0, 0.05) is 18.1 Å². The molecule has 26 nitrogen and oxygen atoms in total. The summed E-state index contributed by atoms with van der Waals surface area (Å²) < 4.78 is 0. The Kier molecular flexibility index (Phi) is 25.8. The summed E-state index contributed by atoms with van der Waals surface area (Å²) in [4.78, 5) is 135. The van der Waals surface area contributed by atoms with E-state index in [0.29, 0.717) is 0 Å². The van der Waals surface area contributed by atoms with Crippen molar-refractivity contribution in [1.29, 1.82) is 0 Å². The summed E-state index contributed by atoms with van der Waals surface area (Å²) in [5.74, 6) is -11.4. The van der Waals surface area contributed by atoms with Gasteiger partial charge < -0.3 is 80.8 Å². The zero-order chi connectivity index (χ0) is 49.6. The number of guanidine groups is 1. The molecule has 368 valence electrons. The van der Waals surface area contributed by atoms with Gasteiger partial charge in [-0.05, 0) is 44.4 Å². The lowest BCUT2D eigenvalue weighted by Crippen LogP contribution is -2.61. The quantitative estimate of drug-likeness (QED) is 0.0353. The molecule has 0 aromatic rings. The Balaban J connectivity index is 3.72. The van der Waals surface area contributed by atoms with Crippen LogP contribution in [0.3, 0.4) is 0 Å². The van der Waals surface area contributed by atoms with Gasteiger partial charge in [0.1, 0.15) is 48.3 Å². The number of aliphatic hydroxyl groups is 2. The van der Waals surface area contributed by atoms with Gasteiger partial charge in [-0.1, -0.05) is 49.3 Å². The van der Waals surface area contributed by atoms with E-state index in [1.807, 2.05) is 0 Å². The summed E-state index contributed by atoms with van der Waals surface area (Å²) in [7, 11) is 2.02. The molecular weight excluding hydrogens is 899 g/mol. The van der Waals surface area contributed by atoms with Gasteiger partial charge in [0.05, 0.1) is 25.7 Å². The highest BCUT2D eigenvalue weighted by Gasteiger charge is 2.35. The molecule has 0 spiro atoms. The van der Waals surface area contributed by atoms with E-state index in [1.54, 1.807) is 27.7 Å². The molecule has 1 fully saturated rings. The Hall–Kier alpha value is -5.45. The number of primary amides is 1. The van der Waals surface area contributed by atoms with E-state index >= 15 is 0 Å². The highest BCUT2D eigenvalue weighted by Crippen LogP contribution is 2.23. The molecule has 0 aliphatic carbocycles. The largest absolute Gasteiger partial charge is 0.481 e. The van der Waals surface area contributed by atoms with Crippen molar-refractivity contribution in [3.05, 3.63) is 0 Å². The zero-order valence-corrected chi connectivity index (χ0v) is 38.6. The van der Waals surface area contributed by atoms with Crippen LogP contribution in [0.5, 0.6) is 0 Å². The van der Waals surface area contributed by atoms with Gasteiger partial charge in [-0.3, -0.25) is 52.9 Å². The summed E-state index contributed by atoms with van der Waals surface area (Å²) in [5.41, 5.74) is 22.4. The molecule has 19 N–H and O–H groups in total. The molecule has 65 heavy (non-hydrogen) atoms. The van der Waals surface area contributed by atoms with Crippen molar-refractivity contribution >= 4 is 86.7 Å². The predicted octanol–water partition coefficient (Wildman–Crippen LogP) is -6.30. The fourth-order valence-electron chi connectivity index (χ4n) is 5.78. The second-order valence-corrected chi connectivity index (χ2v) is 18.5. The Morgan fingerprint density at radius 3 is 1.49 bits per heavy atom. The van der Waals surface area contributed by atoms with Crippen molar-refractivity contribution in [2.45, 2.75) is 121 Å². The molecule has 0 aromatic heterocycles. The predicted molar refractivity (Wildman–Crippen MR) is 238 cm³/mol. The van der Waals surface area contributed by atoms with Gasteiger partial charge in [-0.25, -0.2) is 0 Å². The molecule has 0 aromatic carbocycles. The van der Waals surface area contributed by atoms with Crippen LogP contribution < -0.4 is 65.5 Å². The lowest BCUT2D eigenvalue weighted by atomic mass is 10.0. The third kappa shape index (κ3) is 21.9. The molecule has 0 unspecified atom stereocenters. The standard InChI is InChI=1S/C37H65N13O13S2/c1-16(2)9-21-34(61)48-25(13-52)36(63)49-24(12-51)35(62)44-20(7-6-8-42-37(40)41)31(58)46-22(10-17(3)4)33(60)47-23(11-27(53)54)32(59)43-18(5)29(56)50-26(28(39)55)15-65-64-14-19(38)30(57)45-21/h16-26,51-52H,6-15,38H2,1-5H3,(H2,39,55)(H,43,59)(H,44,62)(H,45,57)(H,46,58)(H,47,60)(H,48,61)(H,49,63)(H,50,56)(H,53,54)(H4,40,41,42)/t18-,19-,20-,21-,22-,23-,24-,25-,26-/m0/s1. The molecule has 1 saturated heterocycles. The number of aliphatic imine (C=N–C) groups is 1. The Labute approximate surface area is 383 Å². The van der Waals surface area contributed by atoms with Crippen molar-refractivity contribution in [2.24, 2.45) is 39.8 Å². The minimum absolute atomic E-state index is 0.0241. The van der Waals surface area contributed by atoms with Crippen molar-refractivity contribution < 1.29 is 63.3 Å². The highest BCUT2D eigenvalue weighted by molar-refractivity contribution is 8.76. The maximum absolute atomic E-state index is 13.9. The number of hydrogen-bond donors (Lipinski definition) is 15. The number of rotatable bonds is 13. The molecule has 9 amide bonds. The van der Waals surface area contributed by atoms with Crippen molar-refractivity contribution in [2.75, 3.05) is 31.3 Å².